The fraction of sp³-hybridized carbons (Fsp3) is 0. The third-order valence-corrected chi connectivity index (χ3v) is 5.00. The van der Waals surface area contributed by atoms with Gasteiger partial charge in [-0.3, -0.25) is 5.41 Å². The molecule has 2 aromatic carbocycles. The van der Waals surface area contributed by atoms with Crippen LogP contribution in [0.25, 0.3) is 31.7 Å². The van der Waals surface area contributed by atoms with Gasteiger partial charge in [0.2, 0.25) is 0 Å². The maximum absolute atomic E-state index is 13.7. The second-order valence-electron chi connectivity index (χ2n) is 5.50. The molecule has 0 unspecified atom stereocenters. The standard InChI is InChI=1S/C19H13FN2S/c20-12-3-1-2-11(8-12)19-15-6-4-13(21)9-17(15)23-18-10-14(22)5-7-16(18)19/h1-10,21H,22H2/p+1. The van der Waals surface area contributed by atoms with Crippen LogP contribution in [-0.2, 0) is 0 Å². The van der Waals surface area contributed by atoms with Gasteiger partial charge in [0, 0.05) is 38.3 Å². The lowest BCUT2D eigenvalue weighted by Crippen LogP contribution is -2.44. The molecule has 4 N–H and O–H groups in total. The van der Waals surface area contributed by atoms with Gasteiger partial charge in [-0.15, -0.1) is 11.3 Å². The van der Waals surface area contributed by atoms with Crippen molar-refractivity contribution in [2.75, 3.05) is 5.73 Å². The van der Waals surface area contributed by atoms with E-state index in [-0.39, 0.29) is 5.82 Å². The highest BCUT2D eigenvalue weighted by molar-refractivity contribution is 7.21. The minimum Gasteiger partial charge on any atom is -0.399 e. The predicted molar refractivity (Wildman–Crippen MR) is 93.3 cm³/mol. The molecule has 1 aliphatic carbocycles. The molecule has 2 aliphatic rings. The summed E-state index contributed by atoms with van der Waals surface area (Å²) in [4.78, 5) is 1.06. The molecule has 2 nitrogen and oxygen atoms in total. The van der Waals surface area contributed by atoms with Crippen LogP contribution in [0.4, 0.5) is 10.1 Å². The number of fused-ring (bicyclic) bond motifs is 2. The van der Waals surface area contributed by atoms with Crippen LogP contribution >= 0.6 is 11.3 Å². The summed E-state index contributed by atoms with van der Waals surface area (Å²) in [6, 6.07) is 18.3. The van der Waals surface area contributed by atoms with Crippen molar-refractivity contribution < 1.29 is 9.80 Å². The first-order valence-electron chi connectivity index (χ1n) is 7.22. The molecule has 0 saturated carbocycles. The van der Waals surface area contributed by atoms with Crippen LogP contribution in [0.15, 0.2) is 60.7 Å². The number of hydrogen-bond acceptors (Lipinski definition) is 2. The highest BCUT2D eigenvalue weighted by atomic mass is 32.1. The van der Waals surface area contributed by atoms with Gasteiger partial charge in [-0.25, -0.2) is 4.39 Å². The molecule has 23 heavy (non-hydrogen) atoms. The summed E-state index contributed by atoms with van der Waals surface area (Å²) >= 11 is 1.64. The molecule has 0 aromatic heterocycles. The molecule has 0 radical (unpaired) electrons. The van der Waals surface area contributed by atoms with Crippen LogP contribution in [0.5, 0.6) is 0 Å². The van der Waals surface area contributed by atoms with Crippen molar-refractivity contribution in [2.24, 2.45) is 0 Å². The zero-order valence-electron chi connectivity index (χ0n) is 12.2. The minimum absolute atomic E-state index is 0.248. The Balaban J connectivity index is 2.20. The highest BCUT2D eigenvalue weighted by Crippen LogP contribution is 2.43. The number of rotatable bonds is 1. The van der Waals surface area contributed by atoms with Crippen molar-refractivity contribution in [3.63, 3.8) is 0 Å². The van der Waals surface area contributed by atoms with Gasteiger partial charge in [-0.1, -0.05) is 18.2 Å². The lowest BCUT2D eigenvalue weighted by molar-refractivity contribution is -0.172. The third kappa shape index (κ3) is 2.37. The first kappa shape index (κ1) is 13.9. The van der Waals surface area contributed by atoms with E-state index in [0.29, 0.717) is 11.0 Å². The average Bonchev–Trinajstić information content (AvgIpc) is 2.52. The van der Waals surface area contributed by atoms with E-state index in [1.54, 1.807) is 23.5 Å². The zero-order chi connectivity index (χ0) is 16.0. The minimum atomic E-state index is -0.248. The lowest BCUT2D eigenvalue weighted by Gasteiger charge is -2.15. The van der Waals surface area contributed by atoms with E-state index in [4.69, 9.17) is 11.1 Å². The van der Waals surface area contributed by atoms with Crippen molar-refractivity contribution in [3.05, 3.63) is 71.8 Å². The van der Waals surface area contributed by atoms with Gasteiger partial charge in [0.25, 0.3) is 0 Å². The predicted octanol–water partition coefficient (Wildman–Crippen LogP) is 3.05. The highest BCUT2D eigenvalue weighted by Gasteiger charge is 2.16. The van der Waals surface area contributed by atoms with Gasteiger partial charge in [0.1, 0.15) is 5.82 Å². The molecule has 112 valence electrons. The zero-order valence-corrected chi connectivity index (χ0v) is 13.0. The van der Waals surface area contributed by atoms with E-state index in [1.807, 2.05) is 42.5 Å². The van der Waals surface area contributed by atoms with Crippen LogP contribution in [0.2, 0.25) is 0 Å². The van der Waals surface area contributed by atoms with Crippen LogP contribution < -0.4 is 16.5 Å². The van der Waals surface area contributed by atoms with Crippen molar-refractivity contribution in [1.82, 2.24) is 0 Å². The van der Waals surface area contributed by atoms with E-state index in [2.05, 4.69) is 0 Å². The molecular formula is C19H14FN2S+. The quantitative estimate of drug-likeness (QED) is 0.411. The number of anilines is 1. The van der Waals surface area contributed by atoms with E-state index in [1.165, 1.54) is 6.07 Å². The molecule has 4 rings (SSSR count). The molecular weight excluding hydrogens is 307 g/mol. The summed E-state index contributed by atoms with van der Waals surface area (Å²) in [5.41, 5.74) is 9.56. The Hall–Kier alpha value is -2.72. The van der Waals surface area contributed by atoms with Gasteiger partial charge in [-0.2, -0.15) is 0 Å². The van der Waals surface area contributed by atoms with Crippen molar-refractivity contribution in [2.45, 2.75) is 0 Å². The maximum Gasteiger partial charge on any atom is 0.198 e. The van der Waals surface area contributed by atoms with Crippen molar-refractivity contribution in [3.8, 4) is 21.6 Å². The Morgan fingerprint density at radius 1 is 0.957 bits per heavy atom. The first-order chi connectivity index (χ1) is 11.1. The fourth-order valence-corrected chi connectivity index (χ4v) is 4.07. The third-order valence-electron chi connectivity index (χ3n) is 3.88. The molecule has 4 heteroatoms. The maximum atomic E-state index is 13.7. The van der Waals surface area contributed by atoms with Gasteiger partial charge < -0.3 is 5.73 Å². The monoisotopic (exact) mass is 321 g/mol. The van der Waals surface area contributed by atoms with Crippen LogP contribution in [0.3, 0.4) is 0 Å². The molecule has 0 saturated heterocycles. The first-order valence-corrected chi connectivity index (χ1v) is 8.04. The van der Waals surface area contributed by atoms with E-state index >= 15 is 0 Å². The van der Waals surface area contributed by atoms with Gasteiger partial charge in [0.05, 0.1) is 0 Å². The lowest BCUT2D eigenvalue weighted by atomic mass is 9.95. The summed E-state index contributed by atoms with van der Waals surface area (Å²) in [7, 11) is 0. The molecule has 0 fully saturated rings. The fourth-order valence-electron chi connectivity index (χ4n) is 2.88. The van der Waals surface area contributed by atoms with Crippen LogP contribution in [0, 0.1) is 5.82 Å². The summed E-state index contributed by atoms with van der Waals surface area (Å²) in [5.74, 6) is -0.248. The van der Waals surface area contributed by atoms with Crippen LogP contribution in [-0.4, -0.2) is 0 Å². The average molecular weight is 321 g/mol. The summed E-state index contributed by atoms with van der Waals surface area (Å²) in [6.07, 6.45) is 0. The molecule has 0 bridgehead atoms. The number of hydrogen-bond donors (Lipinski definition) is 2. The number of nitrogen functional groups attached to an aromatic ring is 1. The number of benzene rings is 3. The van der Waals surface area contributed by atoms with E-state index < -0.39 is 0 Å². The van der Waals surface area contributed by atoms with E-state index in [0.717, 1.165) is 31.7 Å². The van der Waals surface area contributed by atoms with E-state index in [9.17, 15) is 4.39 Å². The second kappa shape index (κ2) is 5.18. The molecule has 0 amide bonds. The Bertz CT molecular complexity index is 1070. The molecule has 2 aromatic rings. The summed E-state index contributed by atoms with van der Waals surface area (Å²) in [5, 5.41) is 7.71. The molecule has 0 spiro atoms. The van der Waals surface area contributed by atoms with Gasteiger partial charge in [0.15, 0.2) is 5.36 Å². The van der Waals surface area contributed by atoms with Gasteiger partial charge in [-0.05, 0) is 41.5 Å². The smallest absolute Gasteiger partial charge is 0.198 e. The van der Waals surface area contributed by atoms with Gasteiger partial charge >= 0.3 is 0 Å². The second-order valence-corrected chi connectivity index (χ2v) is 6.58. The Morgan fingerprint density at radius 2 is 1.83 bits per heavy atom. The topological polar surface area (TPSA) is 51.6 Å². The summed E-state index contributed by atoms with van der Waals surface area (Å²) < 4.78 is 14.8. The largest absolute Gasteiger partial charge is 0.399 e. The van der Waals surface area contributed by atoms with Crippen molar-refractivity contribution in [1.29, 1.82) is 0 Å². The summed E-state index contributed by atoms with van der Waals surface area (Å²) in [6.45, 7) is 0. The van der Waals surface area contributed by atoms with Crippen molar-refractivity contribution >= 4 is 27.1 Å². The Morgan fingerprint density at radius 3 is 2.65 bits per heavy atom. The Kier molecular flexibility index (Phi) is 3.13. The number of nitrogens with two attached hydrogens (primary N) is 2. The number of halogens is 1. The Labute approximate surface area is 136 Å². The normalized spacial score (nSPS) is 11.2. The molecule has 1 aliphatic heterocycles. The molecule has 1 heterocycles. The molecule has 0 atom stereocenters. The van der Waals surface area contributed by atoms with Crippen LogP contribution in [0.1, 0.15) is 0 Å². The SMILES string of the molecule is Nc1ccc2c(-c3cccc(F)c3)c3ccc(=[NH2+])cc-3sc2c1.